The Morgan fingerprint density at radius 2 is 1.67 bits per heavy atom. The fraction of sp³-hybridized carbons (Fsp3) is 0.143. The number of hydrogen-bond donors (Lipinski definition) is 1. The van der Waals surface area contributed by atoms with Gasteiger partial charge in [0.2, 0.25) is 0 Å². The molecule has 0 saturated heterocycles. The molecule has 0 saturated carbocycles. The van der Waals surface area contributed by atoms with E-state index in [1.807, 2.05) is 6.07 Å². The highest BCUT2D eigenvalue weighted by Gasteiger charge is 2.33. The fourth-order valence-corrected chi connectivity index (χ4v) is 2.63. The van der Waals surface area contributed by atoms with E-state index in [-0.39, 0.29) is 4.47 Å². The number of rotatable bonds is 3. The third kappa shape index (κ3) is 4.37. The molecule has 0 bridgehead atoms. The average molecular weight is 443 g/mol. The lowest BCUT2D eigenvalue weighted by molar-refractivity contribution is -0.138. The van der Waals surface area contributed by atoms with Gasteiger partial charge in [0.25, 0.3) is 0 Å². The van der Waals surface area contributed by atoms with Gasteiger partial charge in [0.1, 0.15) is 0 Å². The van der Waals surface area contributed by atoms with Crippen LogP contribution in [0.3, 0.4) is 0 Å². The van der Waals surface area contributed by atoms with Crippen molar-refractivity contribution in [3.8, 4) is 0 Å². The minimum atomic E-state index is -4.39. The van der Waals surface area contributed by atoms with Crippen molar-refractivity contribution >= 4 is 49.1 Å². The van der Waals surface area contributed by atoms with Crippen LogP contribution in [0.2, 0.25) is 5.02 Å². The standard InChI is InChI=1S/C14H9Br2ClF3N/c15-11-4-2-9(6-10(11)14(18,19)20)21-7-8-1-3-12(16)13(17)5-8/h1-6,21H,7H2. The van der Waals surface area contributed by atoms with Crippen LogP contribution in [0.4, 0.5) is 18.9 Å². The number of halogens is 6. The molecule has 2 rings (SSSR count). The second kappa shape index (κ2) is 6.58. The summed E-state index contributed by atoms with van der Waals surface area (Å²) in [4.78, 5) is 0. The van der Waals surface area contributed by atoms with Crippen molar-refractivity contribution in [1.29, 1.82) is 0 Å². The SMILES string of the molecule is FC(F)(F)c1cc(NCc2ccc(Br)c(Cl)c2)ccc1Br. The van der Waals surface area contributed by atoms with Gasteiger partial charge >= 0.3 is 6.18 Å². The lowest BCUT2D eigenvalue weighted by atomic mass is 10.1. The van der Waals surface area contributed by atoms with Gasteiger partial charge in [-0.3, -0.25) is 0 Å². The Bertz CT molecular complexity index is 659. The molecule has 1 N–H and O–H groups in total. The van der Waals surface area contributed by atoms with Crippen molar-refractivity contribution in [1.82, 2.24) is 0 Å². The smallest absolute Gasteiger partial charge is 0.381 e. The first-order valence-corrected chi connectivity index (χ1v) is 7.78. The summed E-state index contributed by atoms with van der Waals surface area (Å²) < 4.78 is 39.2. The third-order valence-corrected chi connectivity index (χ3v) is 4.68. The van der Waals surface area contributed by atoms with Gasteiger partial charge < -0.3 is 5.32 Å². The van der Waals surface area contributed by atoms with E-state index < -0.39 is 11.7 Å². The van der Waals surface area contributed by atoms with E-state index >= 15 is 0 Å². The van der Waals surface area contributed by atoms with Crippen molar-refractivity contribution in [2.75, 3.05) is 5.32 Å². The molecular weight excluding hydrogens is 434 g/mol. The van der Waals surface area contributed by atoms with Crippen LogP contribution >= 0.6 is 43.5 Å². The monoisotopic (exact) mass is 441 g/mol. The van der Waals surface area contributed by atoms with Crippen molar-refractivity contribution in [2.45, 2.75) is 12.7 Å². The van der Waals surface area contributed by atoms with Gasteiger partial charge in [-0.1, -0.05) is 33.6 Å². The molecule has 0 amide bonds. The predicted octanol–water partition coefficient (Wildman–Crippen LogP) is 6.50. The highest BCUT2D eigenvalue weighted by atomic mass is 79.9. The molecular formula is C14H9Br2ClF3N. The maximum Gasteiger partial charge on any atom is 0.417 e. The van der Waals surface area contributed by atoms with Crippen LogP contribution in [0.25, 0.3) is 0 Å². The zero-order chi connectivity index (χ0) is 15.6. The topological polar surface area (TPSA) is 12.0 Å². The first kappa shape index (κ1) is 16.6. The van der Waals surface area contributed by atoms with Gasteiger partial charge in [-0.25, -0.2) is 0 Å². The van der Waals surface area contributed by atoms with Gasteiger partial charge in [0.15, 0.2) is 0 Å². The highest BCUT2D eigenvalue weighted by molar-refractivity contribution is 9.10. The van der Waals surface area contributed by atoms with Gasteiger partial charge in [-0.15, -0.1) is 0 Å². The number of benzene rings is 2. The second-order valence-corrected chi connectivity index (χ2v) is 6.41. The maximum absolute atomic E-state index is 12.8. The molecule has 0 spiro atoms. The Kier molecular flexibility index (Phi) is 5.22. The lowest BCUT2D eigenvalue weighted by Crippen LogP contribution is -2.07. The number of hydrogen-bond acceptors (Lipinski definition) is 1. The van der Waals surface area contributed by atoms with Gasteiger partial charge in [-0.2, -0.15) is 13.2 Å². The summed E-state index contributed by atoms with van der Waals surface area (Å²) in [5.74, 6) is 0. The normalized spacial score (nSPS) is 11.5. The Balaban J connectivity index is 2.15. The third-order valence-electron chi connectivity index (χ3n) is 2.75. The van der Waals surface area contributed by atoms with Crippen LogP contribution in [0.5, 0.6) is 0 Å². The molecule has 0 aliphatic carbocycles. The summed E-state index contributed by atoms with van der Waals surface area (Å²) in [6.07, 6.45) is -4.39. The van der Waals surface area contributed by atoms with Crippen molar-refractivity contribution in [3.63, 3.8) is 0 Å². The Morgan fingerprint density at radius 3 is 2.29 bits per heavy atom. The van der Waals surface area contributed by atoms with Gasteiger partial charge in [0, 0.05) is 21.2 Å². The summed E-state index contributed by atoms with van der Waals surface area (Å²) in [6.45, 7) is 0.381. The summed E-state index contributed by atoms with van der Waals surface area (Å²) in [5.41, 5.74) is 0.561. The molecule has 112 valence electrons. The van der Waals surface area contributed by atoms with Crippen LogP contribution in [-0.4, -0.2) is 0 Å². The van der Waals surface area contributed by atoms with E-state index in [1.165, 1.54) is 6.07 Å². The van der Waals surface area contributed by atoms with E-state index in [1.54, 1.807) is 18.2 Å². The highest BCUT2D eigenvalue weighted by Crippen LogP contribution is 2.36. The van der Waals surface area contributed by atoms with Crippen LogP contribution in [0.15, 0.2) is 45.3 Å². The van der Waals surface area contributed by atoms with Gasteiger partial charge in [0.05, 0.1) is 10.6 Å². The summed E-state index contributed by atoms with van der Waals surface area (Å²) in [5, 5.41) is 3.51. The zero-order valence-electron chi connectivity index (χ0n) is 10.4. The molecule has 0 radical (unpaired) electrons. The van der Waals surface area contributed by atoms with Crippen molar-refractivity contribution in [3.05, 3.63) is 61.5 Å². The van der Waals surface area contributed by atoms with E-state index in [0.717, 1.165) is 16.1 Å². The predicted molar refractivity (Wildman–Crippen MR) is 85.6 cm³/mol. The van der Waals surface area contributed by atoms with E-state index in [4.69, 9.17) is 11.6 Å². The molecule has 1 nitrogen and oxygen atoms in total. The summed E-state index contributed by atoms with van der Waals surface area (Å²) in [6, 6.07) is 9.42. The molecule has 0 atom stereocenters. The molecule has 0 fully saturated rings. The summed E-state index contributed by atoms with van der Waals surface area (Å²) >= 11 is 12.2. The molecule has 0 aliphatic heterocycles. The minimum Gasteiger partial charge on any atom is -0.381 e. The number of alkyl halides is 3. The van der Waals surface area contributed by atoms with E-state index in [2.05, 4.69) is 37.2 Å². The average Bonchev–Trinajstić information content (AvgIpc) is 2.40. The van der Waals surface area contributed by atoms with Crippen LogP contribution in [0.1, 0.15) is 11.1 Å². The first-order chi connectivity index (χ1) is 9.77. The largest absolute Gasteiger partial charge is 0.417 e. The summed E-state index contributed by atoms with van der Waals surface area (Å²) in [7, 11) is 0. The lowest BCUT2D eigenvalue weighted by Gasteiger charge is -2.13. The number of anilines is 1. The molecule has 0 aromatic heterocycles. The molecule has 7 heteroatoms. The van der Waals surface area contributed by atoms with Crippen LogP contribution in [0, 0.1) is 0 Å². The minimum absolute atomic E-state index is 0.0206. The molecule has 0 unspecified atom stereocenters. The number of nitrogens with one attached hydrogen (secondary N) is 1. The maximum atomic E-state index is 12.8. The second-order valence-electron chi connectivity index (χ2n) is 4.29. The van der Waals surface area contributed by atoms with E-state index in [0.29, 0.717) is 17.3 Å². The quantitative estimate of drug-likeness (QED) is 0.571. The first-order valence-electron chi connectivity index (χ1n) is 5.82. The molecule has 2 aromatic rings. The molecule has 21 heavy (non-hydrogen) atoms. The zero-order valence-corrected chi connectivity index (χ0v) is 14.4. The van der Waals surface area contributed by atoms with E-state index in [9.17, 15) is 13.2 Å². The molecule has 0 heterocycles. The Hall–Kier alpha value is -0.720. The Labute approximate surface area is 141 Å². The van der Waals surface area contributed by atoms with Crippen LogP contribution in [-0.2, 0) is 12.7 Å². The Morgan fingerprint density at radius 1 is 1.00 bits per heavy atom. The van der Waals surface area contributed by atoms with Gasteiger partial charge in [-0.05, 0) is 51.8 Å². The fourth-order valence-electron chi connectivity index (χ4n) is 1.71. The molecule has 0 aliphatic rings. The van der Waals surface area contributed by atoms with Crippen molar-refractivity contribution < 1.29 is 13.2 Å². The molecule has 2 aromatic carbocycles. The van der Waals surface area contributed by atoms with Crippen LogP contribution < -0.4 is 5.32 Å². The van der Waals surface area contributed by atoms with Crippen molar-refractivity contribution in [2.24, 2.45) is 0 Å².